The number of halogens is 2. The van der Waals surface area contributed by atoms with Crippen LogP contribution < -0.4 is 0 Å². The summed E-state index contributed by atoms with van der Waals surface area (Å²) in [5, 5.41) is 8.51. The number of rotatable bonds is 5. The molecule has 1 rings (SSSR count). The fraction of sp³-hybridized carbons (Fsp3) is 0.417. The molecule has 0 aliphatic carbocycles. The lowest BCUT2D eigenvalue weighted by molar-refractivity contribution is -0.137. The summed E-state index contributed by atoms with van der Waals surface area (Å²) in [7, 11) is 0. The summed E-state index contributed by atoms with van der Waals surface area (Å²) in [4.78, 5) is 11.0. The molecule has 0 amide bonds. The third-order valence-corrected chi connectivity index (χ3v) is 4.36. The summed E-state index contributed by atoms with van der Waals surface area (Å²) in [6.07, 6.45) is 0. The Kier molecular flexibility index (Phi) is 5.46. The zero-order valence-corrected chi connectivity index (χ0v) is 12.0. The van der Waals surface area contributed by atoms with Gasteiger partial charge in [-0.25, -0.2) is 4.39 Å². The maximum Gasteiger partial charge on any atom is 0.316 e. The summed E-state index contributed by atoms with van der Waals surface area (Å²) in [5.74, 6) is -0.757. The highest BCUT2D eigenvalue weighted by Gasteiger charge is 2.22. The predicted octanol–water partition coefficient (Wildman–Crippen LogP) is 3.93. The van der Waals surface area contributed by atoms with Crippen molar-refractivity contribution in [2.75, 3.05) is 0 Å². The molecular formula is C12H14BrFO2S. The quantitative estimate of drug-likeness (QED) is 0.893. The van der Waals surface area contributed by atoms with Gasteiger partial charge in [0.25, 0.3) is 0 Å². The van der Waals surface area contributed by atoms with E-state index in [9.17, 15) is 9.18 Å². The van der Waals surface area contributed by atoms with E-state index in [1.54, 1.807) is 12.1 Å². The Balaban J connectivity index is 2.69. The predicted molar refractivity (Wildman–Crippen MR) is 71.7 cm³/mol. The number of benzene rings is 1. The van der Waals surface area contributed by atoms with Crippen molar-refractivity contribution in [3.8, 4) is 0 Å². The Hall–Kier alpha value is -0.550. The standard InChI is InChI=1S/C12H14BrFO2S/c1-7(2)11(12(15)16)17-6-8-3-4-9(13)5-10(8)14/h3-5,7,11H,6H2,1-2H3,(H,15,16). The van der Waals surface area contributed by atoms with Crippen LogP contribution in [0.4, 0.5) is 4.39 Å². The van der Waals surface area contributed by atoms with Gasteiger partial charge >= 0.3 is 5.97 Å². The van der Waals surface area contributed by atoms with Crippen LogP contribution >= 0.6 is 27.7 Å². The Morgan fingerprint density at radius 1 is 1.53 bits per heavy atom. The van der Waals surface area contributed by atoms with E-state index in [4.69, 9.17) is 5.11 Å². The molecule has 1 aromatic carbocycles. The van der Waals surface area contributed by atoms with Crippen LogP contribution in [0.2, 0.25) is 0 Å². The van der Waals surface area contributed by atoms with Crippen LogP contribution in [0.5, 0.6) is 0 Å². The first-order valence-electron chi connectivity index (χ1n) is 5.20. The largest absolute Gasteiger partial charge is 0.480 e. The average molecular weight is 321 g/mol. The molecule has 0 heterocycles. The highest BCUT2D eigenvalue weighted by Crippen LogP contribution is 2.26. The fourth-order valence-corrected chi connectivity index (χ4v) is 2.82. The van der Waals surface area contributed by atoms with Crippen molar-refractivity contribution in [2.24, 2.45) is 5.92 Å². The molecule has 0 aliphatic heterocycles. The molecule has 0 saturated carbocycles. The van der Waals surface area contributed by atoms with E-state index in [0.717, 1.165) is 0 Å². The van der Waals surface area contributed by atoms with Crippen LogP contribution in [0.15, 0.2) is 22.7 Å². The Morgan fingerprint density at radius 3 is 2.65 bits per heavy atom. The first-order valence-corrected chi connectivity index (χ1v) is 7.04. The van der Waals surface area contributed by atoms with E-state index in [2.05, 4.69) is 15.9 Å². The van der Waals surface area contributed by atoms with E-state index in [0.29, 0.717) is 15.8 Å². The zero-order valence-electron chi connectivity index (χ0n) is 9.61. The van der Waals surface area contributed by atoms with Gasteiger partial charge in [0.2, 0.25) is 0 Å². The van der Waals surface area contributed by atoms with Crippen molar-refractivity contribution in [1.82, 2.24) is 0 Å². The van der Waals surface area contributed by atoms with Crippen LogP contribution in [0.3, 0.4) is 0 Å². The molecule has 0 aliphatic rings. The molecule has 1 aromatic rings. The van der Waals surface area contributed by atoms with Crippen LogP contribution in [-0.4, -0.2) is 16.3 Å². The highest BCUT2D eigenvalue weighted by molar-refractivity contribution is 9.10. The van der Waals surface area contributed by atoms with Gasteiger partial charge in [-0.3, -0.25) is 4.79 Å². The van der Waals surface area contributed by atoms with Gasteiger partial charge in [-0.1, -0.05) is 35.8 Å². The van der Waals surface area contributed by atoms with Gasteiger partial charge in [-0.15, -0.1) is 11.8 Å². The number of carboxylic acid groups (broad SMARTS) is 1. The number of carboxylic acids is 1. The highest BCUT2D eigenvalue weighted by atomic mass is 79.9. The molecule has 17 heavy (non-hydrogen) atoms. The molecule has 1 N–H and O–H groups in total. The minimum atomic E-state index is -0.845. The molecule has 1 unspecified atom stereocenters. The van der Waals surface area contributed by atoms with Crippen molar-refractivity contribution in [2.45, 2.75) is 24.9 Å². The second-order valence-corrected chi connectivity index (χ2v) is 6.10. The first kappa shape index (κ1) is 14.5. The molecular weight excluding hydrogens is 307 g/mol. The van der Waals surface area contributed by atoms with Gasteiger partial charge in [-0.2, -0.15) is 0 Å². The van der Waals surface area contributed by atoms with Crippen LogP contribution in [-0.2, 0) is 10.5 Å². The Labute approximate surface area is 113 Å². The van der Waals surface area contributed by atoms with Crippen molar-refractivity contribution in [1.29, 1.82) is 0 Å². The van der Waals surface area contributed by atoms with Crippen LogP contribution in [0, 0.1) is 11.7 Å². The van der Waals surface area contributed by atoms with Gasteiger partial charge in [0, 0.05) is 10.2 Å². The van der Waals surface area contributed by atoms with Crippen molar-refractivity contribution in [3.63, 3.8) is 0 Å². The summed E-state index contributed by atoms with van der Waals surface area (Å²) >= 11 is 4.44. The summed E-state index contributed by atoms with van der Waals surface area (Å²) in [6, 6.07) is 4.82. The molecule has 0 saturated heterocycles. The van der Waals surface area contributed by atoms with Crippen molar-refractivity contribution in [3.05, 3.63) is 34.1 Å². The summed E-state index contributed by atoms with van der Waals surface area (Å²) in [5.41, 5.74) is 0.533. The van der Waals surface area contributed by atoms with Crippen molar-refractivity contribution < 1.29 is 14.3 Å². The van der Waals surface area contributed by atoms with E-state index in [-0.39, 0.29) is 11.7 Å². The molecule has 0 fully saturated rings. The zero-order chi connectivity index (χ0) is 13.0. The number of hydrogen-bond acceptors (Lipinski definition) is 2. The average Bonchev–Trinajstić information content (AvgIpc) is 2.20. The molecule has 1 atom stereocenters. The molecule has 0 aromatic heterocycles. The Morgan fingerprint density at radius 2 is 2.18 bits per heavy atom. The lowest BCUT2D eigenvalue weighted by atomic mass is 10.1. The maximum atomic E-state index is 13.5. The normalized spacial score (nSPS) is 12.8. The molecule has 2 nitrogen and oxygen atoms in total. The second kappa shape index (κ2) is 6.40. The van der Waals surface area contributed by atoms with Gasteiger partial charge in [-0.05, 0) is 23.6 Å². The first-order chi connectivity index (χ1) is 7.91. The SMILES string of the molecule is CC(C)C(SCc1ccc(Br)cc1F)C(=O)O. The van der Waals surface area contributed by atoms with Gasteiger partial charge in [0.15, 0.2) is 0 Å². The minimum absolute atomic E-state index is 0.0241. The monoisotopic (exact) mass is 320 g/mol. The lowest BCUT2D eigenvalue weighted by Gasteiger charge is -2.15. The minimum Gasteiger partial charge on any atom is -0.480 e. The molecule has 0 spiro atoms. The van der Waals surface area contributed by atoms with Gasteiger partial charge < -0.3 is 5.11 Å². The molecule has 0 bridgehead atoms. The maximum absolute atomic E-state index is 13.5. The van der Waals surface area contributed by atoms with E-state index in [1.807, 2.05) is 13.8 Å². The van der Waals surface area contributed by atoms with Gasteiger partial charge in [0.1, 0.15) is 11.1 Å². The Bertz CT molecular complexity index is 409. The van der Waals surface area contributed by atoms with Gasteiger partial charge in [0.05, 0.1) is 0 Å². The van der Waals surface area contributed by atoms with E-state index < -0.39 is 11.2 Å². The topological polar surface area (TPSA) is 37.3 Å². The number of aliphatic carboxylic acids is 1. The van der Waals surface area contributed by atoms with E-state index in [1.165, 1.54) is 17.8 Å². The number of carbonyl (C=O) groups is 1. The second-order valence-electron chi connectivity index (χ2n) is 4.05. The summed E-state index contributed by atoms with van der Waals surface area (Å²) < 4.78 is 14.2. The number of hydrogen-bond donors (Lipinski definition) is 1. The lowest BCUT2D eigenvalue weighted by Crippen LogP contribution is -2.22. The van der Waals surface area contributed by atoms with Crippen molar-refractivity contribution >= 4 is 33.7 Å². The van der Waals surface area contributed by atoms with Crippen LogP contribution in [0.25, 0.3) is 0 Å². The smallest absolute Gasteiger partial charge is 0.316 e. The fourth-order valence-electron chi connectivity index (χ4n) is 1.37. The molecule has 5 heteroatoms. The van der Waals surface area contributed by atoms with E-state index >= 15 is 0 Å². The molecule has 0 radical (unpaired) electrons. The molecule has 94 valence electrons. The number of thioether (sulfide) groups is 1. The third kappa shape index (κ3) is 4.32. The third-order valence-electron chi connectivity index (χ3n) is 2.28. The van der Waals surface area contributed by atoms with Crippen LogP contribution in [0.1, 0.15) is 19.4 Å². The summed E-state index contributed by atoms with van der Waals surface area (Å²) in [6.45, 7) is 3.70.